The number of aryl methyl sites for hydroxylation is 1. The highest BCUT2D eigenvalue weighted by Gasteiger charge is 2.17. The molecule has 5 nitrogen and oxygen atoms in total. The lowest BCUT2D eigenvalue weighted by atomic mass is 10.1. The average Bonchev–Trinajstić information content (AvgIpc) is 2.98. The van der Waals surface area contributed by atoms with E-state index in [0.717, 1.165) is 0 Å². The smallest absolute Gasteiger partial charge is 0.273 e. The van der Waals surface area contributed by atoms with Gasteiger partial charge in [0.2, 0.25) is 0 Å². The number of thiophene rings is 1. The number of aromatic nitrogens is 1. The Kier molecular flexibility index (Phi) is 4.11. The number of amides is 1. The summed E-state index contributed by atoms with van der Waals surface area (Å²) in [6.45, 7) is 3.50. The summed E-state index contributed by atoms with van der Waals surface area (Å²) >= 11 is 1.40. The molecule has 100 valence electrons. The molecule has 0 aliphatic rings. The van der Waals surface area contributed by atoms with Crippen LogP contribution < -0.4 is 5.32 Å². The molecule has 0 radical (unpaired) electrons. The van der Waals surface area contributed by atoms with Crippen molar-refractivity contribution in [2.24, 2.45) is 0 Å². The Bertz CT molecular complexity index is 574. The van der Waals surface area contributed by atoms with Gasteiger partial charge in [0.25, 0.3) is 5.91 Å². The van der Waals surface area contributed by atoms with Gasteiger partial charge >= 0.3 is 0 Å². The molecule has 1 N–H and O–H groups in total. The lowest BCUT2D eigenvalue weighted by Gasteiger charge is -2.11. The fourth-order valence-corrected chi connectivity index (χ4v) is 2.31. The minimum absolute atomic E-state index is 0.0270. The van der Waals surface area contributed by atoms with Crippen LogP contribution in [0.1, 0.15) is 39.3 Å². The van der Waals surface area contributed by atoms with Crippen LogP contribution >= 0.6 is 11.3 Å². The molecule has 1 amide bonds. The summed E-state index contributed by atoms with van der Waals surface area (Å²) in [6, 6.07) is 4.92. The van der Waals surface area contributed by atoms with Crippen molar-refractivity contribution in [3.05, 3.63) is 39.9 Å². The number of hydrogen-bond acceptors (Lipinski definition) is 5. The van der Waals surface area contributed by atoms with Crippen LogP contribution in [0.4, 0.5) is 0 Å². The standard InChI is InChI=1S/C13H14N2O3S/c1-8(6-11(16)12-4-3-5-19-12)14-13(17)10-7-9(2)18-15-10/h3-5,7-8H,6H2,1-2H3,(H,14,17). The van der Waals surface area contributed by atoms with Gasteiger partial charge in [-0.3, -0.25) is 9.59 Å². The molecule has 0 saturated heterocycles. The molecule has 19 heavy (non-hydrogen) atoms. The molecule has 6 heteroatoms. The first-order valence-electron chi connectivity index (χ1n) is 5.87. The van der Waals surface area contributed by atoms with Crippen molar-refractivity contribution >= 4 is 23.0 Å². The van der Waals surface area contributed by atoms with Crippen LogP contribution in [-0.2, 0) is 0 Å². The van der Waals surface area contributed by atoms with Gasteiger partial charge in [0.15, 0.2) is 11.5 Å². The number of nitrogens with one attached hydrogen (secondary N) is 1. The molecular formula is C13H14N2O3S. The van der Waals surface area contributed by atoms with Crippen LogP contribution in [0.25, 0.3) is 0 Å². The number of Topliss-reactive ketones (excluding diaryl/α,β-unsaturated/α-hetero) is 1. The van der Waals surface area contributed by atoms with E-state index in [0.29, 0.717) is 10.6 Å². The van der Waals surface area contributed by atoms with Crippen molar-refractivity contribution in [2.45, 2.75) is 26.3 Å². The van der Waals surface area contributed by atoms with Crippen molar-refractivity contribution in [1.82, 2.24) is 10.5 Å². The monoisotopic (exact) mass is 278 g/mol. The molecule has 1 atom stereocenters. The van der Waals surface area contributed by atoms with E-state index in [4.69, 9.17) is 4.52 Å². The van der Waals surface area contributed by atoms with Crippen LogP contribution in [0.15, 0.2) is 28.1 Å². The third-order valence-corrected chi connectivity index (χ3v) is 3.44. The Morgan fingerprint density at radius 2 is 2.32 bits per heavy atom. The maximum Gasteiger partial charge on any atom is 0.273 e. The fraction of sp³-hybridized carbons (Fsp3) is 0.308. The third kappa shape index (κ3) is 3.51. The van der Waals surface area contributed by atoms with Crippen LogP contribution in [0.5, 0.6) is 0 Å². The van der Waals surface area contributed by atoms with Gasteiger partial charge in [-0.05, 0) is 25.3 Å². The molecule has 2 heterocycles. The summed E-state index contributed by atoms with van der Waals surface area (Å²) < 4.78 is 4.83. The molecule has 0 aliphatic heterocycles. The lowest BCUT2D eigenvalue weighted by Crippen LogP contribution is -2.34. The van der Waals surface area contributed by atoms with Crippen molar-refractivity contribution in [2.75, 3.05) is 0 Å². The second-order valence-electron chi connectivity index (χ2n) is 4.30. The van der Waals surface area contributed by atoms with Gasteiger partial charge in [-0.2, -0.15) is 0 Å². The average molecular weight is 278 g/mol. The van der Waals surface area contributed by atoms with E-state index >= 15 is 0 Å². The number of nitrogens with zero attached hydrogens (tertiary/aromatic N) is 1. The molecule has 0 fully saturated rings. The largest absolute Gasteiger partial charge is 0.361 e. The number of carbonyl (C=O) groups excluding carboxylic acids is 2. The molecule has 2 aromatic rings. The molecule has 0 bridgehead atoms. The Morgan fingerprint density at radius 3 is 2.89 bits per heavy atom. The van der Waals surface area contributed by atoms with Crippen LogP contribution in [0, 0.1) is 6.92 Å². The maximum atomic E-state index is 11.9. The number of hydrogen-bond donors (Lipinski definition) is 1. The lowest BCUT2D eigenvalue weighted by molar-refractivity contribution is 0.0912. The van der Waals surface area contributed by atoms with Crippen molar-refractivity contribution in [1.29, 1.82) is 0 Å². The van der Waals surface area contributed by atoms with Crippen molar-refractivity contribution in [3.63, 3.8) is 0 Å². The van der Waals surface area contributed by atoms with Gasteiger partial charge in [-0.1, -0.05) is 11.2 Å². The topological polar surface area (TPSA) is 72.2 Å². The zero-order chi connectivity index (χ0) is 13.8. The Labute approximate surface area is 114 Å². The number of ketones is 1. The summed E-state index contributed by atoms with van der Waals surface area (Å²) in [7, 11) is 0. The molecule has 2 aromatic heterocycles. The summed E-state index contributed by atoms with van der Waals surface area (Å²) in [5, 5.41) is 8.21. The Morgan fingerprint density at radius 1 is 1.53 bits per heavy atom. The molecular weight excluding hydrogens is 264 g/mol. The van der Waals surface area contributed by atoms with E-state index in [2.05, 4.69) is 10.5 Å². The quantitative estimate of drug-likeness (QED) is 0.853. The highest BCUT2D eigenvalue weighted by Crippen LogP contribution is 2.12. The highest BCUT2D eigenvalue weighted by atomic mass is 32.1. The van der Waals surface area contributed by atoms with E-state index in [1.165, 1.54) is 11.3 Å². The number of carbonyl (C=O) groups is 2. The second-order valence-corrected chi connectivity index (χ2v) is 5.25. The van der Waals surface area contributed by atoms with Crippen LogP contribution in [-0.4, -0.2) is 22.9 Å². The molecule has 0 aliphatic carbocycles. The van der Waals surface area contributed by atoms with Crippen LogP contribution in [0.2, 0.25) is 0 Å². The van der Waals surface area contributed by atoms with E-state index in [1.54, 1.807) is 26.0 Å². The first kappa shape index (κ1) is 13.5. The van der Waals surface area contributed by atoms with E-state index in [-0.39, 0.29) is 29.8 Å². The summed E-state index contributed by atoms with van der Waals surface area (Å²) in [4.78, 5) is 24.4. The third-order valence-electron chi connectivity index (χ3n) is 2.53. The molecule has 0 spiro atoms. The van der Waals surface area contributed by atoms with Gasteiger partial charge in [0.1, 0.15) is 5.76 Å². The Balaban J connectivity index is 1.89. The predicted octanol–water partition coefficient (Wildman–Crippen LogP) is 2.44. The predicted molar refractivity (Wildman–Crippen MR) is 71.4 cm³/mol. The van der Waals surface area contributed by atoms with E-state index < -0.39 is 0 Å². The van der Waals surface area contributed by atoms with Crippen molar-refractivity contribution in [3.8, 4) is 0 Å². The first-order chi connectivity index (χ1) is 9.06. The van der Waals surface area contributed by atoms with Gasteiger partial charge < -0.3 is 9.84 Å². The van der Waals surface area contributed by atoms with Gasteiger partial charge in [0.05, 0.1) is 4.88 Å². The Hall–Kier alpha value is -1.95. The fourth-order valence-electron chi connectivity index (χ4n) is 1.64. The summed E-state index contributed by atoms with van der Waals surface area (Å²) in [6.07, 6.45) is 0.267. The second kappa shape index (κ2) is 5.79. The molecule has 1 unspecified atom stereocenters. The minimum atomic E-state index is -0.330. The SMILES string of the molecule is Cc1cc(C(=O)NC(C)CC(=O)c2cccs2)no1. The molecule has 0 saturated carbocycles. The summed E-state index contributed by atoms with van der Waals surface area (Å²) in [5.74, 6) is 0.273. The highest BCUT2D eigenvalue weighted by molar-refractivity contribution is 7.12. The zero-order valence-electron chi connectivity index (χ0n) is 10.7. The normalized spacial score (nSPS) is 12.1. The first-order valence-corrected chi connectivity index (χ1v) is 6.75. The molecule has 2 rings (SSSR count). The van der Waals surface area contributed by atoms with Gasteiger partial charge in [0, 0.05) is 18.5 Å². The van der Waals surface area contributed by atoms with Gasteiger partial charge in [-0.15, -0.1) is 11.3 Å². The van der Waals surface area contributed by atoms with Crippen molar-refractivity contribution < 1.29 is 14.1 Å². The summed E-state index contributed by atoms with van der Waals surface area (Å²) in [5.41, 5.74) is 0.230. The molecule has 0 aromatic carbocycles. The van der Waals surface area contributed by atoms with Crippen LogP contribution in [0.3, 0.4) is 0 Å². The maximum absolute atomic E-state index is 11.9. The number of rotatable bonds is 5. The van der Waals surface area contributed by atoms with E-state index in [1.807, 2.05) is 11.4 Å². The van der Waals surface area contributed by atoms with Gasteiger partial charge in [-0.25, -0.2) is 0 Å². The minimum Gasteiger partial charge on any atom is -0.361 e. The van der Waals surface area contributed by atoms with E-state index in [9.17, 15) is 9.59 Å². The zero-order valence-corrected chi connectivity index (χ0v) is 11.5.